The van der Waals surface area contributed by atoms with Crippen LogP contribution in [0.25, 0.3) is 0 Å². The summed E-state index contributed by atoms with van der Waals surface area (Å²) >= 11 is 0. The van der Waals surface area contributed by atoms with Gasteiger partial charge in [0.15, 0.2) is 0 Å². The van der Waals surface area contributed by atoms with E-state index in [9.17, 15) is 5.11 Å². The van der Waals surface area contributed by atoms with E-state index in [2.05, 4.69) is 13.8 Å². The van der Waals surface area contributed by atoms with Crippen molar-refractivity contribution in [3.05, 3.63) is 0 Å². The van der Waals surface area contributed by atoms with Gasteiger partial charge in [-0.2, -0.15) is 0 Å². The Kier molecular flexibility index (Phi) is 22.0. The van der Waals surface area contributed by atoms with Gasteiger partial charge in [0.2, 0.25) is 0 Å². The van der Waals surface area contributed by atoms with E-state index in [0.717, 1.165) is 0 Å². The Bertz CT molecular complexity index is 226. The Hall–Kier alpha value is -0.0400. The molecule has 0 aliphatic heterocycles. The monoisotopic (exact) mass is 354 g/mol. The van der Waals surface area contributed by atoms with Gasteiger partial charge in [0.05, 0.1) is 0 Å². The van der Waals surface area contributed by atoms with Gasteiger partial charge in [-0.25, -0.2) is 0 Å². The lowest BCUT2D eigenvalue weighted by atomic mass is 9.94. The lowest BCUT2D eigenvalue weighted by Crippen LogP contribution is -2.06. The van der Waals surface area contributed by atoms with Crippen molar-refractivity contribution in [2.24, 2.45) is 5.92 Å². The Morgan fingerprint density at radius 1 is 0.440 bits per heavy atom. The van der Waals surface area contributed by atoms with Gasteiger partial charge in [0, 0.05) is 6.61 Å². The molecule has 1 N–H and O–H groups in total. The van der Waals surface area contributed by atoms with Gasteiger partial charge in [-0.05, 0) is 18.8 Å². The average Bonchev–Trinajstić information content (AvgIpc) is 2.63. The minimum Gasteiger partial charge on any atom is -0.396 e. The summed E-state index contributed by atoms with van der Waals surface area (Å²) in [6.07, 6.45) is 27.7. The third-order valence-electron chi connectivity index (χ3n) is 5.69. The summed E-state index contributed by atoms with van der Waals surface area (Å²) in [5.41, 5.74) is 0. The average molecular weight is 355 g/mol. The Morgan fingerprint density at radius 3 is 1.00 bits per heavy atom. The first-order chi connectivity index (χ1) is 12.3. The van der Waals surface area contributed by atoms with E-state index in [0.29, 0.717) is 12.5 Å². The summed E-state index contributed by atoms with van der Waals surface area (Å²) in [4.78, 5) is 0. The van der Waals surface area contributed by atoms with Crippen LogP contribution < -0.4 is 0 Å². The maximum Gasteiger partial charge on any atom is 0.0459 e. The van der Waals surface area contributed by atoms with E-state index in [1.807, 2.05) is 0 Å². The fourth-order valence-electron chi connectivity index (χ4n) is 3.81. The number of unbranched alkanes of at least 4 members (excludes halogenated alkanes) is 16. The molecular formula is C24H50O. The molecule has 0 saturated carbocycles. The lowest BCUT2D eigenvalue weighted by molar-refractivity contribution is 0.204. The van der Waals surface area contributed by atoms with Crippen molar-refractivity contribution >= 4 is 0 Å². The smallest absolute Gasteiger partial charge is 0.0459 e. The Balaban J connectivity index is 3.26. The normalized spacial score (nSPS) is 12.6. The molecule has 0 amide bonds. The van der Waals surface area contributed by atoms with Crippen molar-refractivity contribution in [3.8, 4) is 0 Å². The topological polar surface area (TPSA) is 20.2 Å². The minimum absolute atomic E-state index is 0.410. The summed E-state index contributed by atoms with van der Waals surface area (Å²) in [6.45, 7) is 4.98. The first kappa shape index (κ1) is 25.0. The molecule has 1 unspecified atom stereocenters. The van der Waals surface area contributed by atoms with Crippen molar-refractivity contribution in [2.75, 3.05) is 6.61 Å². The molecule has 0 rings (SSSR count). The van der Waals surface area contributed by atoms with Crippen molar-refractivity contribution in [1.82, 2.24) is 0 Å². The van der Waals surface area contributed by atoms with Crippen LogP contribution in [-0.2, 0) is 0 Å². The van der Waals surface area contributed by atoms with Crippen molar-refractivity contribution in [2.45, 2.75) is 142 Å². The van der Waals surface area contributed by atoms with Crippen molar-refractivity contribution in [3.63, 3.8) is 0 Å². The summed E-state index contributed by atoms with van der Waals surface area (Å²) in [5.74, 6) is 0.578. The van der Waals surface area contributed by atoms with E-state index in [-0.39, 0.29) is 0 Å². The van der Waals surface area contributed by atoms with E-state index >= 15 is 0 Å². The summed E-state index contributed by atoms with van der Waals surface area (Å²) < 4.78 is 0. The third kappa shape index (κ3) is 20.1. The maximum atomic E-state index is 9.56. The molecule has 1 heteroatoms. The highest BCUT2D eigenvalue weighted by atomic mass is 16.3. The maximum absolute atomic E-state index is 9.56. The number of hydrogen-bond donors (Lipinski definition) is 1. The van der Waals surface area contributed by atoms with Gasteiger partial charge in [-0.15, -0.1) is 0 Å². The van der Waals surface area contributed by atoms with Gasteiger partial charge in [0.1, 0.15) is 0 Å². The second-order valence-corrected chi connectivity index (χ2v) is 8.28. The number of hydrogen-bond acceptors (Lipinski definition) is 1. The van der Waals surface area contributed by atoms with Crippen LogP contribution in [0, 0.1) is 5.92 Å². The molecule has 0 bridgehead atoms. The van der Waals surface area contributed by atoms with Gasteiger partial charge < -0.3 is 5.11 Å². The van der Waals surface area contributed by atoms with Crippen LogP contribution in [0.1, 0.15) is 142 Å². The van der Waals surface area contributed by atoms with E-state index < -0.39 is 0 Å². The zero-order valence-corrected chi connectivity index (χ0v) is 17.9. The summed E-state index contributed by atoms with van der Waals surface area (Å²) in [6, 6.07) is 0. The predicted molar refractivity (Wildman–Crippen MR) is 114 cm³/mol. The second-order valence-electron chi connectivity index (χ2n) is 8.28. The van der Waals surface area contributed by atoms with Crippen LogP contribution in [0.2, 0.25) is 0 Å². The molecule has 0 fully saturated rings. The molecular weight excluding hydrogens is 304 g/mol. The molecule has 0 radical (unpaired) electrons. The highest BCUT2D eigenvalue weighted by molar-refractivity contribution is 4.59. The second kappa shape index (κ2) is 22.0. The Morgan fingerprint density at radius 2 is 0.720 bits per heavy atom. The van der Waals surface area contributed by atoms with Gasteiger partial charge >= 0.3 is 0 Å². The first-order valence-corrected chi connectivity index (χ1v) is 12.0. The molecule has 0 saturated heterocycles. The van der Waals surface area contributed by atoms with E-state index in [1.54, 1.807) is 0 Å². The molecule has 1 atom stereocenters. The molecule has 1 nitrogen and oxygen atoms in total. The standard InChI is InChI=1S/C24H50O/c1-3-5-7-9-11-12-13-14-16-18-20-22-24(23-25)21-19-17-15-10-8-6-4-2/h24-25H,3-23H2,1-2H3. The van der Waals surface area contributed by atoms with Crippen LogP contribution >= 0.6 is 0 Å². The zero-order valence-electron chi connectivity index (χ0n) is 17.9. The molecule has 0 aromatic carbocycles. The molecule has 0 aliphatic rings. The van der Waals surface area contributed by atoms with Crippen LogP contribution in [-0.4, -0.2) is 11.7 Å². The zero-order chi connectivity index (χ0) is 18.4. The van der Waals surface area contributed by atoms with Crippen molar-refractivity contribution in [1.29, 1.82) is 0 Å². The summed E-state index contributed by atoms with van der Waals surface area (Å²) in [7, 11) is 0. The minimum atomic E-state index is 0.410. The quantitative estimate of drug-likeness (QED) is 0.205. The van der Waals surface area contributed by atoms with Gasteiger partial charge in [-0.1, -0.05) is 129 Å². The van der Waals surface area contributed by atoms with Gasteiger partial charge in [-0.3, -0.25) is 0 Å². The van der Waals surface area contributed by atoms with E-state index in [4.69, 9.17) is 0 Å². The number of aliphatic hydroxyl groups excluding tert-OH is 1. The Labute approximate surface area is 160 Å². The highest BCUT2D eigenvalue weighted by Gasteiger charge is 2.06. The SMILES string of the molecule is CCCCCCCCCCCCCC(CO)CCCCCCCCC. The molecule has 0 aromatic rings. The molecule has 0 aliphatic carbocycles. The fraction of sp³-hybridized carbons (Fsp3) is 1.00. The third-order valence-corrected chi connectivity index (χ3v) is 5.69. The largest absolute Gasteiger partial charge is 0.396 e. The van der Waals surface area contributed by atoms with Crippen LogP contribution in [0.15, 0.2) is 0 Å². The number of rotatable bonds is 21. The molecule has 152 valence electrons. The fourth-order valence-corrected chi connectivity index (χ4v) is 3.81. The number of aliphatic hydroxyl groups is 1. The molecule has 0 aromatic heterocycles. The summed E-state index contributed by atoms with van der Waals surface area (Å²) in [5, 5.41) is 9.56. The van der Waals surface area contributed by atoms with Crippen LogP contribution in [0.4, 0.5) is 0 Å². The molecule has 0 spiro atoms. The van der Waals surface area contributed by atoms with E-state index in [1.165, 1.54) is 128 Å². The van der Waals surface area contributed by atoms with Crippen LogP contribution in [0.5, 0.6) is 0 Å². The predicted octanol–water partition coefficient (Wildman–Crippen LogP) is 8.44. The molecule has 0 heterocycles. The molecule has 25 heavy (non-hydrogen) atoms. The highest BCUT2D eigenvalue weighted by Crippen LogP contribution is 2.19. The van der Waals surface area contributed by atoms with Crippen LogP contribution in [0.3, 0.4) is 0 Å². The van der Waals surface area contributed by atoms with Gasteiger partial charge in [0.25, 0.3) is 0 Å². The lowest BCUT2D eigenvalue weighted by Gasteiger charge is -2.13. The van der Waals surface area contributed by atoms with Crippen molar-refractivity contribution < 1.29 is 5.11 Å². The first-order valence-electron chi connectivity index (χ1n) is 12.0.